The number of nitrogens with one attached hydrogen (secondary N) is 1. The number of anilines is 1. The summed E-state index contributed by atoms with van der Waals surface area (Å²) in [6.45, 7) is 1.49. The summed E-state index contributed by atoms with van der Waals surface area (Å²) in [6, 6.07) is 6.69. The maximum Gasteiger partial charge on any atom is 0.390 e. The van der Waals surface area contributed by atoms with Crippen LogP contribution in [-0.2, 0) is 0 Å². The van der Waals surface area contributed by atoms with Crippen molar-refractivity contribution < 1.29 is 18.0 Å². The molecule has 0 atom stereocenters. The van der Waals surface area contributed by atoms with Crippen molar-refractivity contribution in [3.63, 3.8) is 0 Å². The lowest BCUT2D eigenvalue weighted by Gasteiger charge is -2.11. The van der Waals surface area contributed by atoms with Gasteiger partial charge < -0.3 is 11.1 Å². The van der Waals surface area contributed by atoms with Crippen molar-refractivity contribution in [1.82, 2.24) is 14.6 Å². The molecule has 1 amide bonds. The quantitative estimate of drug-likeness (QED) is 0.627. The molecule has 27 heavy (non-hydrogen) atoms. The monoisotopic (exact) mass is 441 g/mol. The average Bonchev–Trinajstić information content (AvgIpc) is 2.96. The van der Waals surface area contributed by atoms with Crippen molar-refractivity contribution in [3.05, 3.63) is 46.2 Å². The Labute approximate surface area is 160 Å². The van der Waals surface area contributed by atoms with E-state index in [-0.39, 0.29) is 6.54 Å². The molecule has 0 aliphatic carbocycles. The highest BCUT2D eigenvalue weighted by molar-refractivity contribution is 9.10. The summed E-state index contributed by atoms with van der Waals surface area (Å²) in [7, 11) is 0. The number of imidazole rings is 1. The Kier molecular flexibility index (Phi) is 5.09. The first-order valence-electron chi connectivity index (χ1n) is 7.91. The Morgan fingerprint density at radius 1 is 1.33 bits per heavy atom. The number of benzene rings is 1. The normalized spacial score (nSPS) is 11.7. The van der Waals surface area contributed by atoms with E-state index in [2.05, 4.69) is 31.3 Å². The van der Waals surface area contributed by atoms with Crippen LogP contribution in [0.5, 0.6) is 0 Å². The van der Waals surface area contributed by atoms with E-state index in [1.165, 1.54) is 4.52 Å². The van der Waals surface area contributed by atoms with E-state index in [4.69, 9.17) is 5.73 Å². The number of carbonyl (C=O) groups excluding carboxylic acids is 1. The number of alkyl halides is 3. The number of fused-ring (bicyclic) bond motifs is 1. The minimum atomic E-state index is -4.24. The van der Waals surface area contributed by atoms with Crippen LogP contribution in [0, 0.1) is 6.92 Å². The van der Waals surface area contributed by atoms with Gasteiger partial charge in [0.1, 0.15) is 4.60 Å². The van der Waals surface area contributed by atoms with E-state index >= 15 is 0 Å². The van der Waals surface area contributed by atoms with E-state index in [0.717, 1.165) is 5.56 Å². The molecule has 142 valence electrons. The highest BCUT2D eigenvalue weighted by Crippen LogP contribution is 2.28. The number of aryl methyl sites for hydroxylation is 1. The Bertz CT molecular complexity index is 1020. The standard InChI is InChI=1S/C17H15BrF3N5O/c1-9-6-10(2-3-11(9)15(22)27)13-8-24-16-12(7-14(18)25-26(13)16)23-5-4-17(19,20)21/h2-3,6-8,23H,4-5H2,1H3,(H2,22,27). The molecule has 0 fully saturated rings. The van der Waals surface area contributed by atoms with Crippen molar-refractivity contribution in [2.45, 2.75) is 19.5 Å². The minimum absolute atomic E-state index is 0.274. The van der Waals surface area contributed by atoms with Crippen molar-refractivity contribution in [3.8, 4) is 11.3 Å². The van der Waals surface area contributed by atoms with Crippen LogP contribution in [0.15, 0.2) is 35.1 Å². The van der Waals surface area contributed by atoms with Gasteiger partial charge in [0, 0.05) is 17.7 Å². The van der Waals surface area contributed by atoms with E-state index in [0.29, 0.717) is 32.8 Å². The number of nitrogens with two attached hydrogens (primary N) is 1. The number of amides is 1. The summed E-state index contributed by atoms with van der Waals surface area (Å²) in [5.41, 5.74) is 8.64. The highest BCUT2D eigenvalue weighted by atomic mass is 79.9. The van der Waals surface area contributed by atoms with Gasteiger partial charge in [-0.15, -0.1) is 0 Å². The molecular weight excluding hydrogens is 427 g/mol. The predicted octanol–water partition coefficient (Wildman–Crippen LogP) is 3.93. The van der Waals surface area contributed by atoms with Gasteiger partial charge in [0.25, 0.3) is 0 Å². The molecule has 0 spiro atoms. The van der Waals surface area contributed by atoms with Gasteiger partial charge in [-0.05, 0) is 46.6 Å². The third kappa shape index (κ3) is 4.21. The Morgan fingerprint density at radius 3 is 2.70 bits per heavy atom. The maximum atomic E-state index is 12.4. The lowest BCUT2D eigenvalue weighted by Crippen LogP contribution is -2.15. The van der Waals surface area contributed by atoms with Crippen LogP contribution in [0.1, 0.15) is 22.3 Å². The lowest BCUT2D eigenvalue weighted by atomic mass is 10.0. The number of halogens is 4. The first kappa shape index (κ1) is 19.2. The zero-order valence-electron chi connectivity index (χ0n) is 14.1. The average molecular weight is 442 g/mol. The molecule has 0 aliphatic heterocycles. The molecule has 3 N–H and O–H groups in total. The molecule has 2 aromatic heterocycles. The fraction of sp³-hybridized carbons (Fsp3) is 0.235. The van der Waals surface area contributed by atoms with Crippen molar-refractivity contribution >= 4 is 33.2 Å². The second kappa shape index (κ2) is 7.18. The van der Waals surface area contributed by atoms with Gasteiger partial charge in [0.15, 0.2) is 5.65 Å². The van der Waals surface area contributed by atoms with Gasteiger partial charge in [-0.3, -0.25) is 4.79 Å². The fourth-order valence-corrected chi connectivity index (χ4v) is 3.09. The molecule has 0 unspecified atom stereocenters. The van der Waals surface area contributed by atoms with E-state index in [9.17, 15) is 18.0 Å². The number of rotatable bonds is 5. The van der Waals surface area contributed by atoms with Gasteiger partial charge in [-0.1, -0.05) is 6.07 Å². The predicted molar refractivity (Wildman–Crippen MR) is 98.5 cm³/mol. The summed E-state index contributed by atoms with van der Waals surface area (Å²) in [5.74, 6) is -0.519. The SMILES string of the molecule is Cc1cc(-c2cnc3c(NCCC(F)(F)F)cc(Br)nn23)ccc1C(N)=O. The molecule has 0 saturated carbocycles. The van der Waals surface area contributed by atoms with Crippen LogP contribution >= 0.6 is 15.9 Å². The number of hydrogen-bond donors (Lipinski definition) is 2. The number of carbonyl (C=O) groups is 1. The Balaban J connectivity index is 1.99. The Hall–Kier alpha value is -2.62. The molecule has 0 saturated heterocycles. The first-order valence-corrected chi connectivity index (χ1v) is 8.71. The summed E-state index contributed by atoms with van der Waals surface area (Å²) in [6.07, 6.45) is -3.63. The molecule has 0 radical (unpaired) electrons. The topological polar surface area (TPSA) is 85.3 Å². The molecule has 3 rings (SSSR count). The van der Waals surface area contributed by atoms with Gasteiger partial charge in [0.05, 0.1) is 24.0 Å². The second-order valence-electron chi connectivity index (χ2n) is 5.95. The van der Waals surface area contributed by atoms with E-state index in [1.807, 2.05) is 0 Å². The van der Waals surface area contributed by atoms with Gasteiger partial charge >= 0.3 is 6.18 Å². The van der Waals surface area contributed by atoms with Crippen LogP contribution in [0.2, 0.25) is 0 Å². The van der Waals surface area contributed by atoms with Crippen molar-refractivity contribution in [2.75, 3.05) is 11.9 Å². The molecule has 0 bridgehead atoms. The van der Waals surface area contributed by atoms with Crippen LogP contribution in [0.4, 0.5) is 18.9 Å². The van der Waals surface area contributed by atoms with Crippen molar-refractivity contribution in [1.29, 1.82) is 0 Å². The second-order valence-corrected chi connectivity index (χ2v) is 6.76. The highest BCUT2D eigenvalue weighted by Gasteiger charge is 2.26. The number of primary amides is 1. The summed E-state index contributed by atoms with van der Waals surface area (Å²) >= 11 is 3.27. The molecule has 3 aromatic rings. The number of aromatic nitrogens is 3. The largest absolute Gasteiger partial charge is 0.390 e. The molecule has 6 nitrogen and oxygen atoms in total. The first-order chi connectivity index (χ1) is 12.7. The fourth-order valence-electron chi connectivity index (χ4n) is 2.70. The van der Waals surface area contributed by atoms with E-state index in [1.54, 1.807) is 37.4 Å². The third-order valence-electron chi connectivity index (χ3n) is 3.95. The van der Waals surface area contributed by atoms with E-state index < -0.39 is 18.5 Å². The van der Waals surface area contributed by atoms with Crippen LogP contribution in [0.3, 0.4) is 0 Å². The zero-order valence-corrected chi connectivity index (χ0v) is 15.7. The summed E-state index contributed by atoms with van der Waals surface area (Å²) < 4.78 is 39.1. The number of nitrogens with zero attached hydrogens (tertiary/aromatic N) is 3. The minimum Gasteiger partial charge on any atom is -0.382 e. The summed E-state index contributed by atoms with van der Waals surface area (Å²) in [5, 5.41) is 7.08. The number of hydrogen-bond acceptors (Lipinski definition) is 4. The Morgan fingerprint density at radius 2 is 2.07 bits per heavy atom. The van der Waals surface area contributed by atoms with Crippen LogP contribution < -0.4 is 11.1 Å². The molecule has 1 aromatic carbocycles. The molecule has 0 aliphatic rings. The van der Waals surface area contributed by atoms with Gasteiger partial charge in [0.2, 0.25) is 5.91 Å². The smallest absolute Gasteiger partial charge is 0.382 e. The third-order valence-corrected chi connectivity index (χ3v) is 4.34. The van der Waals surface area contributed by atoms with Gasteiger partial charge in [-0.2, -0.15) is 18.3 Å². The van der Waals surface area contributed by atoms with Gasteiger partial charge in [-0.25, -0.2) is 9.50 Å². The summed E-state index contributed by atoms with van der Waals surface area (Å²) in [4.78, 5) is 15.7. The van der Waals surface area contributed by atoms with Crippen LogP contribution in [0.25, 0.3) is 16.9 Å². The lowest BCUT2D eigenvalue weighted by molar-refractivity contribution is -0.131. The molecule has 10 heteroatoms. The molecular formula is C17H15BrF3N5O. The van der Waals surface area contributed by atoms with Crippen molar-refractivity contribution in [2.24, 2.45) is 5.73 Å². The zero-order chi connectivity index (χ0) is 19.8. The maximum absolute atomic E-state index is 12.4. The molecule has 2 heterocycles. The van der Waals surface area contributed by atoms with Crippen LogP contribution in [-0.4, -0.2) is 33.2 Å².